The van der Waals surface area contributed by atoms with Crippen molar-refractivity contribution in [2.24, 2.45) is 0 Å². The standard InChI is InChI=1S/C20H13ClFN3O3S/c21-13-5-9-15(10-6-13)28-20-19(23-17-3-1-2-4-18(17)24-20)25-29(26,27)16-11-7-14(22)8-12-16/h1-12H,(H,23,25). The van der Waals surface area contributed by atoms with Crippen molar-refractivity contribution >= 4 is 38.5 Å². The van der Waals surface area contributed by atoms with Crippen LogP contribution in [0.4, 0.5) is 10.2 Å². The molecule has 0 aliphatic heterocycles. The Balaban J connectivity index is 1.77. The SMILES string of the molecule is O=S(=O)(Nc1nc2ccccc2nc1Oc1ccc(Cl)cc1)c1ccc(F)cc1. The zero-order valence-corrected chi connectivity index (χ0v) is 16.3. The maximum atomic E-state index is 13.1. The number of hydrogen-bond donors (Lipinski definition) is 1. The largest absolute Gasteiger partial charge is 0.436 e. The van der Waals surface area contributed by atoms with Crippen LogP contribution in [-0.2, 0) is 10.0 Å². The number of rotatable bonds is 5. The van der Waals surface area contributed by atoms with Crippen LogP contribution in [0.25, 0.3) is 11.0 Å². The van der Waals surface area contributed by atoms with E-state index < -0.39 is 15.8 Å². The molecule has 0 atom stereocenters. The van der Waals surface area contributed by atoms with E-state index in [1.165, 1.54) is 0 Å². The number of anilines is 1. The van der Waals surface area contributed by atoms with Crippen molar-refractivity contribution in [2.45, 2.75) is 4.90 Å². The molecule has 4 rings (SSSR count). The fourth-order valence-electron chi connectivity index (χ4n) is 2.54. The van der Waals surface area contributed by atoms with Gasteiger partial charge in [-0.05, 0) is 60.7 Å². The van der Waals surface area contributed by atoms with Gasteiger partial charge in [0.1, 0.15) is 11.6 Å². The highest BCUT2D eigenvalue weighted by molar-refractivity contribution is 7.92. The average molecular weight is 430 g/mol. The zero-order valence-electron chi connectivity index (χ0n) is 14.7. The van der Waals surface area contributed by atoms with Crippen molar-refractivity contribution in [3.05, 3.63) is 83.6 Å². The molecule has 9 heteroatoms. The Bertz CT molecular complexity index is 1280. The van der Waals surface area contributed by atoms with E-state index in [0.717, 1.165) is 24.3 Å². The van der Waals surface area contributed by atoms with Gasteiger partial charge in [0.15, 0.2) is 0 Å². The van der Waals surface area contributed by atoms with Crippen molar-refractivity contribution < 1.29 is 17.5 Å². The van der Waals surface area contributed by atoms with E-state index in [2.05, 4.69) is 14.7 Å². The Hall–Kier alpha value is -3.23. The van der Waals surface area contributed by atoms with Crippen LogP contribution < -0.4 is 9.46 Å². The second kappa shape index (κ2) is 7.65. The minimum Gasteiger partial charge on any atom is -0.436 e. The Morgan fingerprint density at radius 1 is 0.862 bits per heavy atom. The molecule has 0 bridgehead atoms. The Kier molecular flexibility index (Phi) is 5.04. The summed E-state index contributed by atoms with van der Waals surface area (Å²) in [7, 11) is -4.04. The second-order valence-electron chi connectivity index (χ2n) is 5.98. The number of para-hydroxylation sites is 2. The lowest BCUT2D eigenvalue weighted by Gasteiger charge is -2.13. The Morgan fingerprint density at radius 2 is 1.48 bits per heavy atom. The molecule has 0 unspecified atom stereocenters. The summed E-state index contributed by atoms with van der Waals surface area (Å²) in [5, 5.41) is 0.527. The third-order valence-electron chi connectivity index (χ3n) is 3.92. The molecule has 0 aliphatic rings. The van der Waals surface area contributed by atoms with Crippen LogP contribution in [0.15, 0.2) is 77.7 Å². The van der Waals surface area contributed by atoms with Gasteiger partial charge in [-0.3, -0.25) is 4.72 Å². The Labute approximate surface area is 171 Å². The quantitative estimate of drug-likeness (QED) is 0.482. The smallest absolute Gasteiger partial charge is 0.264 e. The van der Waals surface area contributed by atoms with Gasteiger partial charge < -0.3 is 4.74 Å². The molecule has 0 aliphatic carbocycles. The summed E-state index contributed by atoms with van der Waals surface area (Å²) in [5.41, 5.74) is 1.01. The van der Waals surface area contributed by atoms with Gasteiger partial charge in [-0.15, -0.1) is 0 Å². The molecular formula is C20H13ClFN3O3S. The fourth-order valence-corrected chi connectivity index (χ4v) is 3.66. The average Bonchev–Trinajstić information content (AvgIpc) is 2.70. The molecule has 1 N–H and O–H groups in total. The van der Waals surface area contributed by atoms with Crippen LogP contribution in [0.2, 0.25) is 5.02 Å². The number of sulfonamides is 1. The monoisotopic (exact) mass is 429 g/mol. The maximum Gasteiger partial charge on any atom is 0.264 e. The van der Waals surface area contributed by atoms with Crippen molar-refractivity contribution in [1.82, 2.24) is 9.97 Å². The molecule has 29 heavy (non-hydrogen) atoms. The van der Waals surface area contributed by atoms with Gasteiger partial charge in [-0.25, -0.2) is 22.8 Å². The fraction of sp³-hybridized carbons (Fsp3) is 0. The highest BCUT2D eigenvalue weighted by Crippen LogP contribution is 2.30. The van der Waals surface area contributed by atoms with Gasteiger partial charge in [0.2, 0.25) is 5.82 Å². The molecule has 0 fully saturated rings. The number of halogens is 2. The summed E-state index contributed by atoms with van der Waals surface area (Å²) in [6.45, 7) is 0. The van der Waals surface area contributed by atoms with Crippen molar-refractivity contribution in [3.63, 3.8) is 0 Å². The summed E-state index contributed by atoms with van der Waals surface area (Å²) in [6.07, 6.45) is 0. The summed E-state index contributed by atoms with van der Waals surface area (Å²) in [5.74, 6) is -0.262. The van der Waals surface area contributed by atoms with Crippen molar-refractivity contribution in [1.29, 1.82) is 0 Å². The van der Waals surface area contributed by atoms with E-state index in [-0.39, 0.29) is 16.6 Å². The van der Waals surface area contributed by atoms with Crippen LogP contribution in [0.1, 0.15) is 0 Å². The second-order valence-corrected chi connectivity index (χ2v) is 8.10. The molecule has 4 aromatic rings. The van der Waals surface area contributed by atoms with Gasteiger partial charge >= 0.3 is 0 Å². The number of hydrogen-bond acceptors (Lipinski definition) is 5. The minimum absolute atomic E-state index is 0.0308. The normalized spacial score (nSPS) is 11.4. The molecule has 3 aromatic carbocycles. The predicted molar refractivity (Wildman–Crippen MR) is 108 cm³/mol. The molecule has 0 saturated heterocycles. The van der Waals surface area contributed by atoms with Crippen LogP contribution >= 0.6 is 11.6 Å². The molecule has 1 heterocycles. The van der Waals surface area contributed by atoms with Crippen LogP contribution in [0.3, 0.4) is 0 Å². The zero-order chi connectivity index (χ0) is 20.4. The van der Waals surface area contributed by atoms with Crippen molar-refractivity contribution in [3.8, 4) is 11.6 Å². The molecule has 6 nitrogen and oxygen atoms in total. The third kappa shape index (κ3) is 4.28. The van der Waals surface area contributed by atoms with Crippen LogP contribution in [0, 0.1) is 5.82 Å². The minimum atomic E-state index is -4.04. The third-order valence-corrected chi connectivity index (χ3v) is 5.53. The van der Waals surface area contributed by atoms with Crippen LogP contribution in [-0.4, -0.2) is 18.4 Å². The lowest BCUT2D eigenvalue weighted by Crippen LogP contribution is -2.15. The molecule has 0 saturated carbocycles. The van der Waals surface area contributed by atoms with Gasteiger partial charge in [-0.2, -0.15) is 0 Å². The van der Waals surface area contributed by atoms with E-state index >= 15 is 0 Å². The summed E-state index contributed by atoms with van der Waals surface area (Å²) < 4.78 is 46.7. The summed E-state index contributed by atoms with van der Waals surface area (Å²) in [6, 6.07) is 17.9. The number of ether oxygens (including phenoxy) is 1. The molecule has 1 aromatic heterocycles. The van der Waals surface area contributed by atoms with Gasteiger partial charge in [0.25, 0.3) is 15.9 Å². The molecule has 0 amide bonds. The van der Waals surface area contributed by atoms with Gasteiger partial charge in [-0.1, -0.05) is 23.7 Å². The van der Waals surface area contributed by atoms with E-state index in [1.807, 2.05) is 0 Å². The first-order chi connectivity index (χ1) is 13.9. The predicted octanol–water partition coefficient (Wildman–Crippen LogP) is 5.02. The molecule has 146 valence electrons. The molecule has 0 radical (unpaired) electrons. The first-order valence-corrected chi connectivity index (χ1v) is 10.3. The van der Waals surface area contributed by atoms with E-state index in [1.54, 1.807) is 48.5 Å². The molecular weight excluding hydrogens is 417 g/mol. The van der Waals surface area contributed by atoms with Gasteiger partial charge in [0.05, 0.1) is 15.9 Å². The number of nitrogens with zero attached hydrogens (tertiary/aromatic N) is 2. The highest BCUT2D eigenvalue weighted by atomic mass is 35.5. The number of aromatic nitrogens is 2. The lowest BCUT2D eigenvalue weighted by molar-refractivity contribution is 0.465. The number of nitrogens with one attached hydrogen (secondary N) is 1. The topological polar surface area (TPSA) is 81.2 Å². The highest BCUT2D eigenvalue weighted by Gasteiger charge is 2.20. The van der Waals surface area contributed by atoms with E-state index in [0.29, 0.717) is 21.8 Å². The Morgan fingerprint density at radius 3 is 2.14 bits per heavy atom. The number of benzene rings is 3. The number of fused-ring (bicyclic) bond motifs is 1. The first-order valence-electron chi connectivity index (χ1n) is 8.39. The van der Waals surface area contributed by atoms with E-state index in [9.17, 15) is 12.8 Å². The van der Waals surface area contributed by atoms with Gasteiger partial charge in [0, 0.05) is 5.02 Å². The maximum absolute atomic E-state index is 13.1. The molecule has 0 spiro atoms. The summed E-state index contributed by atoms with van der Waals surface area (Å²) >= 11 is 5.89. The van der Waals surface area contributed by atoms with E-state index in [4.69, 9.17) is 16.3 Å². The first kappa shape index (κ1) is 19.1. The van der Waals surface area contributed by atoms with Crippen LogP contribution in [0.5, 0.6) is 11.6 Å². The lowest BCUT2D eigenvalue weighted by atomic mass is 10.3. The van der Waals surface area contributed by atoms with Crippen molar-refractivity contribution in [2.75, 3.05) is 4.72 Å². The summed E-state index contributed by atoms with van der Waals surface area (Å²) in [4.78, 5) is 8.60.